The maximum absolute atomic E-state index is 14.3. The van der Waals surface area contributed by atoms with E-state index in [4.69, 9.17) is 21.1 Å². The van der Waals surface area contributed by atoms with Crippen LogP contribution in [0.3, 0.4) is 0 Å². The van der Waals surface area contributed by atoms with E-state index in [2.05, 4.69) is 21.5 Å². The van der Waals surface area contributed by atoms with Crippen molar-refractivity contribution in [3.8, 4) is 5.75 Å². The maximum atomic E-state index is 14.3. The topological polar surface area (TPSA) is 121 Å². The Hall–Kier alpha value is -3.22. The Morgan fingerprint density at radius 1 is 1.11 bits per heavy atom. The summed E-state index contributed by atoms with van der Waals surface area (Å²) in [6, 6.07) is 14.0. The molecule has 3 aromatic rings. The van der Waals surface area contributed by atoms with Crippen LogP contribution in [0.15, 0.2) is 71.9 Å². The number of amides is 1. The summed E-state index contributed by atoms with van der Waals surface area (Å²) >= 11 is 5.95. The molecule has 4 rings (SSSR count). The number of carbonyl (C=O) groups excluding carboxylic acids is 1. The number of benzene rings is 2. The number of hydrogen-bond acceptors (Lipinski definition) is 8. The van der Waals surface area contributed by atoms with E-state index in [1.54, 1.807) is 36.4 Å². The molecule has 10 nitrogen and oxygen atoms in total. The van der Waals surface area contributed by atoms with Gasteiger partial charge in [0.05, 0.1) is 35.3 Å². The van der Waals surface area contributed by atoms with Gasteiger partial charge in [0.15, 0.2) is 0 Å². The van der Waals surface area contributed by atoms with Crippen LogP contribution in [-0.4, -0.2) is 85.8 Å². The molecule has 2 N–H and O–H groups in total. The van der Waals surface area contributed by atoms with Crippen LogP contribution < -0.4 is 9.46 Å². The lowest BCUT2D eigenvalue weighted by Gasteiger charge is -2.36. The first kappa shape index (κ1) is 35.6. The summed E-state index contributed by atoms with van der Waals surface area (Å²) in [7, 11) is -1.91. The third kappa shape index (κ3) is 9.89. The van der Waals surface area contributed by atoms with Gasteiger partial charge in [0.1, 0.15) is 5.75 Å². The molecule has 12 heteroatoms. The van der Waals surface area contributed by atoms with Crippen LogP contribution in [-0.2, 0) is 21.3 Å². The number of ether oxygens (including phenoxy) is 2. The van der Waals surface area contributed by atoms with Gasteiger partial charge in [-0.15, -0.1) is 0 Å². The van der Waals surface area contributed by atoms with Gasteiger partial charge in [-0.1, -0.05) is 18.5 Å². The molecule has 0 aliphatic carbocycles. The number of halogens is 1. The minimum absolute atomic E-state index is 0.0393. The molecule has 0 bridgehead atoms. The van der Waals surface area contributed by atoms with Crippen molar-refractivity contribution in [1.82, 2.24) is 14.8 Å². The standard InChI is InChI=1S/C34H45ClN4O6S/c1-24-20-39(25(2)23-40)34(41)31-19-29(37-46(42,43)30-11-8-28(35)9-12-30)10-13-32(31)45-26(3)7-5-6-18-44-33(24)22-38(4)21-27-14-16-36-17-15-27/h8-17,19,24-26,33,37,40H,5-7,18,20-23H2,1-4H3/t24-,25-,26-,33+/m1/s1. The summed E-state index contributed by atoms with van der Waals surface area (Å²) in [6.07, 6.45) is 5.67. The summed E-state index contributed by atoms with van der Waals surface area (Å²) in [6.45, 7) is 7.80. The van der Waals surface area contributed by atoms with Gasteiger partial charge < -0.3 is 19.5 Å². The highest BCUT2D eigenvalue weighted by atomic mass is 35.5. The monoisotopic (exact) mass is 672 g/mol. The Balaban J connectivity index is 1.64. The van der Waals surface area contributed by atoms with Crippen LogP contribution in [0.4, 0.5) is 5.69 Å². The molecule has 0 spiro atoms. The van der Waals surface area contributed by atoms with Crippen molar-refractivity contribution < 1.29 is 27.8 Å². The molecule has 250 valence electrons. The number of nitrogens with one attached hydrogen (secondary N) is 1. The molecule has 0 saturated carbocycles. The highest BCUT2D eigenvalue weighted by Crippen LogP contribution is 2.30. The SMILES string of the molecule is C[C@@H]1CCCCO[C@@H](CN(C)Cc2ccncc2)[C@H](C)CN([C@H](C)CO)C(=O)c2cc(NS(=O)(=O)c3ccc(Cl)cc3)ccc2O1. The normalized spacial score (nSPS) is 20.8. The smallest absolute Gasteiger partial charge is 0.261 e. The van der Waals surface area contributed by atoms with Crippen molar-refractivity contribution >= 4 is 33.2 Å². The Kier molecular flexibility index (Phi) is 12.8. The molecular weight excluding hydrogens is 628 g/mol. The molecular formula is C34H45ClN4O6S. The van der Waals surface area contributed by atoms with Crippen LogP contribution in [0, 0.1) is 5.92 Å². The fraction of sp³-hybridized carbons (Fsp3) is 0.471. The quantitative estimate of drug-likeness (QED) is 0.307. The van der Waals surface area contributed by atoms with Crippen LogP contribution in [0.5, 0.6) is 5.75 Å². The third-order valence-corrected chi connectivity index (χ3v) is 9.77. The largest absolute Gasteiger partial charge is 0.490 e. The zero-order chi connectivity index (χ0) is 33.3. The lowest BCUT2D eigenvalue weighted by atomic mass is 10.0. The average Bonchev–Trinajstić information content (AvgIpc) is 3.03. The van der Waals surface area contributed by atoms with Crippen molar-refractivity contribution in [2.45, 2.75) is 69.7 Å². The predicted octanol–water partition coefficient (Wildman–Crippen LogP) is 5.46. The number of aliphatic hydroxyl groups is 1. The van der Waals surface area contributed by atoms with E-state index in [0.717, 1.165) is 31.4 Å². The Morgan fingerprint density at radius 3 is 2.52 bits per heavy atom. The van der Waals surface area contributed by atoms with Crippen molar-refractivity contribution in [2.75, 3.05) is 38.1 Å². The van der Waals surface area contributed by atoms with Gasteiger partial charge in [-0.05, 0) is 100 Å². The third-order valence-electron chi connectivity index (χ3n) is 8.12. The van der Waals surface area contributed by atoms with Gasteiger partial charge in [-0.25, -0.2) is 8.42 Å². The number of carbonyl (C=O) groups is 1. The minimum Gasteiger partial charge on any atom is -0.490 e. The number of aromatic nitrogens is 1. The molecule has 2 aromatic carbocycles. The lowest BCUT2D eigenvalue weighted by molar-refractivity contribution is -0.0177. The number of pyridine rings is 1. The first-order valence-corrected chi connectivity index (χ1v) is 17.5. The van der Waals surface area contributed by atoms with E-state index in [-0.39, 0.29) is 46.8 Å². The highest BCUT2D eigenvalue weighted by Gasteiger charge is 2.30. The number of likely N-dealkylation sites (N-methyl/N-ethyl adjacent to an activating group) is 1. The maximum Gasteiger partial charge on any atom is 0.261 e. The second-order valence-corrected chi connectivity index (χ2v) is 14.2. The van der Waals surface area contributed by atoms with Gasteiger partial charge in [0, 0.05) is 55.3 Å². The van der Waals surface area contributed by atoms with Crippen molar-refractivity contribution in [3.63, 3.8) is 0 Å². The van der Waals surface area contributed by atoms with Gasteiger partial charge in [-0.3, -0.25) is 19.4 Å². The van der Waals surface area contributed by atoms with E-state index in [1.807, 2.05) is 26.1 Å². The molecule has 46 heavy (non-hydrogen) atoms. The Bertz CT molecular complexity index is 1530. The molecule has 0 unspecified atom stereocenters. The molecule has 1 aliphatic rings. The first-order valence-electron chi connectivity index (χ1n) is 15.7. The number of anilines is 1. The van der Waals surface area contributed by atoms with E-state index in [9.17, 15) is 18.3 Å². The number of rotatable bonds is 9. The molecule has 0 saturated heterocycles. The molecule has 1 aliphatic heterocycles. The summed E-state index contributed by atoms with van der Waals surface area (Å²) in [4.78, 5) is 22.3. The zero-order valence-corrected chi connectivity index (χ0v) is 28.5. The lowest BCUT2D eigenvalue weighted by Crippen LogP contribution is -2.47. The summed E-state index contributed by atoms with van der Waals surface area (Å²) < 4.78 is 41.6. The summed E-state index contributed by atoms with van der Waals surface area (Å²) in [5, 5.41) is 10.6. The van der Waals surface area contributed by atoms with Crippen molar-refractivity contribution in [1.29, 1.82) is 0 Å². The van der Waals surface area contributed by atoms with Gasteiger partial charge in [0.2, 0.25) is 0 Å². The minimum atomic E-state index is -3.96. The molecule has 1 amide bonds. The molecule has 4 atom stereocenters. The number of sulfonamides is 1. The van der Waals surface area contributed by atoms with E-state index < -0.39 is 16.1 Å². The van der Waals surface area contributed by atoms with E-state index in [0.29, 0.717) is 30.5 Å². The van der Waals surface area contributed by atoms with Crippen LogP contribution in [0.1, 0.15) is 56.0 Å². The van der Waals surface area contributed by atoms with Crippen molar-refractivity contribution in [3.05, 3.63) is 83.1 Å². The van der Waals surface area contributed by atoms with Gasteiger partial charge in [0.25, 0.3) is 15.9 Å². The first-order chi connectivity index (χ1) is 22.0. The number of fused-ring (bicyclic) bond motifs is 1. The second-order valence-electron chi connectivity index (χ2n) is 12.1. The summed E-state index contributed by atoms with van der Waals surface area (Å²) in [5.74, 6) is -0.101. The van der Waals surface area contributed by atoms with Crippen LogP contribution in [0.25, 0.3) is 0 Å². The molecule has 1 aromatic heterocycles. The number of hydrogen-bond donors (Lipinski definition) is 2. The fourth-order valence-corrected chi connectivity index (χ4v) is 6.62. The molecule has 2 heterocycles. The van der Waals surface area contributed by atoms with Crippen LogP contribution >= 0.6 is 11.6 Å². The zero-order valence-electron chi connectivity index (χ0n) is 26.9. The fourth-order valence-electron chi connectivity index (χ4n) is 5.45. The van der Waals surface area contributed by atoms with Crippen molar-refractivity contribution in [2.24, 2.45) is 5.92 Å². The Morgan fingerprint density at radius 2 is 1.83 bits per heavy atom. The Labute approximate surface area is 277 Å². The number of aliphatic hydroxyl groups excluding tert-OH is 1. The van der Waals surface area contributed by atoms with Gasteiger partial charge in [-0.2, -0.15) is 0 Å². The van der Waals surface area contributed by atoms with E-state index >= 15 is 0 Å². The highest BCUT2D eigenvalue weighted by molar-refractivity contribution is 7.92. The average molecular weight is 673 g/mol. The van der Waals surface area contributed by atoms with Gasteiger partial charge >= 0.3 is 0 Å². The molecule has 0 radical (unpaired) electrons. The number of nitrogens with zero attached hydrogens (tertiary/aromatic N) is 3. The molecule has 0 fully saturated rings. The summed E-state index contributed by atoms with van der Waals surface area (Å²) in [5.41, 5.74) is 1.56. The van der Waals surface area contributed by atoms with Crippen LogP contribution in [0.2, 0.25) is 5.02 Å². The second kappa shape index (κ2) is 16.6. The predicted molar refractivity (Wildman–Crippen MR) is 180 cm³/mol. The van der Waals surface area contributed by atoms with E-state index in [1.165, 1.54) is 30.3 Å².